The summed E-state index contributed by atoms with van der Waals surface area (Å²) in [6.45, 7) is 3.64. The van der Waals surface area contributed by atoms with Crippen LogP contribution in [0.3, 0.4) is 0 Å². The third kappa shape index (κ3) is 6.33. The van der Waals surface area contributed by atoms with Crippen LogP contribution in [-0.2, 0) is 9.53 Å². The Morgan fingerprint density at radius 1 is 1.03 bits per heavy atom. The second kappa shape index (κ2) is 10.7. The van der Waals surface area contributed by atoms with Crippen molar-refractivity contribution in [3.05, 3.63) is 84.4 Å². The van der Waals surface area contributed by atoms with E-state index in [0.717, 1.165) is 16.8 Å². The first-order chi connectivity index (χ1) is 15.8. The number of carbonyl (C=O) groups excluding carboxylic acids is 1. The van der Waals surface area contributed by atoms with Gasteiger partial charge in [0, 0.05) is 16.9 Å². The van der Waals surface area contributed by atoms with E-state index in [4.69, 9.17) is 19.7 Å². The number of benzene rings is 3. The molecule has 0 saturated heterocycles. The van der Waals surface area contributed by atoms with E-state index in [9.17, 15) is 9.59 Å². The van der Waals surface area contributed by atoms with E-state index in [0.29, 0.717) is 17.0 Å². The summed E-state index contributed by atoms with van der Waals surface area (Å²) >= 11 is 0. The summed E-state index contributed by atoms with van der Waals surface area (Å²) in [5.41, 5.74) is 0.449. The number of aliphatic hydroxyl groups excluding tert-OH is 1. The Morgan fingerprint density at radius 2 is 1.73 bits per heavy atom. The first-order valence-electron chi connectivity index (χ1n) is 10.5. The molecule has 0 heterocycles. The van der Waals surface area contributed by atoms with Crippen LogP contribution in [0.4, 0.5) is 10.5 Å². The third-order valence-corrected chi connectivity index (χ3v) is 5.13. The number of hydrogen-bond donors (Lipinski definition) is 3. The monoisotopic (exact) mass is 449 g/mol. The Kier molecular flexibility index (Phi) is 7.69. The summed E-state index contributed by atoms with van der Waals surface area (Å²) in [6, 6.07) is 20.2. The molecule has 0 aliphatic heterocycles. The van der Waals surface area contributed by atoms with Gasteiger partial charge in [-0.15, -0.1) is 0 Å². The number of nitrogens with one attached hydrogen (secondary N) is 1. The number of ether oxygens (including phenoxy) is 2. The third-order valence-electron chi connectivity index (χ3n) is 5.13. The lowest BCUT2D eigenvalue weighted by molar-refractivity contribution is -0.131. The van der Waals surface area contributed by atoms with Gasteiger partial charge in [-0.3, -0.25) is 5.32 Å². The number of carbonyl (C=O) groups is 2. The van der Waals surface area contributed by atoms with Crippen LogP contribution in [0.2, 0.25) is 0 Å². The first kappa shape index (κ1) is 23.8. The lowest BCUT2D eigenvalue weighted by Gasteiger charge is -2.31. The van der Waals surface area contributed by atoms with Crippen molar-refractivity contribution < 1.29 is 29.3 Å². The van der Waals surface area contributed by atoms with E-state index < -0.39 is 23.6 Å². The molecule has 0 aliphatic carbocycles. The normalized spacial score (nSPS) is 12.5. The predicted octanol–water partition coefficient (Wildman–Crippen LogP) is 5.17. The molecule has 3 rings (SSSR count). The van der Waals surface area contributed by atoms with Gasteiger partial charge in [0.15, 0.2) is 0 Å². The Hall–Kier alpha value is -3.84. The summed E-state index contributed by atoms with van der Waals surface area (Å²) in [5.74, 6) is -0.527. The van der Waals surface area contributed by atoms with Gasteiger partial charge in [0.2, 0.25) is 0 Å². The number of anilines is 1. The van der Waals surface area contributed by atoms with Gasteiger partial charge in [-0.2, -0.15) is 0 Å². The number of rotatable bonds is 9. The van der Waals surface area contributed by atoms with Crippen molar-refractivity contribution in [2.24, 2.45) is 5.41 Å². The molecule has 0 spiro atoms. The fourth-order valence-electron chi connectivity index (χ4n) is 3.51. The quantitative estimate of drug-likeness (QED) is 0.389. The van der Waals surface area contributed by atoms with Crippen LogP contribution in [0.25, 0.3) is 10.8 Å². The molecule has 3 N–H and O–H groups in total. The van der Waals surface area contributed by atoms with Crippen molar-refractivity contribution in [3.63, 3.8) is 0 Å². The fraction of sp³-hybridized carbons (Fsp3) is 0.231. The van der Waals surface area contributed by atoms with Gasteiger partial charge in [0.1, 0.15) is 18.5 Å². The van der Waals surface area contributed by atoms with Gasteiger partial charge < -0.3 is 19.7 Å². The lowest BCUT2D eigenvalue weighted by Crippen LogP contribution is -2.28. The molecule has 0 fully saturated rings. The Labute approximate surface area is 192 Å². The summed E-state index contributed by atoms with van der Waals surface area (Å²) in [4.78, 5) is 24.0. The number of carboxylic acid groups (broad SMARTS) is 1. The zero-order chi connectivity index (χ0) is 23.8. The second-order valence-corrected chi connectivity index (χ2v) is 8.07. The van der Waals surface area contributed by atoms with Crippen LogP contribution in [0.1, 0.15) is 25.5 Å². The maximum Gasteiger partial charge on any atom is 0.412 e. The van der Waals surface area contributed by atoms with Crippen LogP contribution in [0, 0.1) is 5.41 Å². The van der Waals surface area contributed by atoms with Crippen LogP contribution < -0.4 is 10.1 Å². The molecule has 172 valence electrons. The average Bonchev–Trinajstić information content (AvgIpc) is 2.80. The summed E-state index contributed by atoms with van der Waals surface area (Å²) in [6.07, 6.45) is 1.10. The van der Waals surface area contributed by atoms with Gasteiger partial charge in [0.05, 0.1) is 12.3 Å². The molecule has 0 radical (unpaired) electrons. The molecular formula is C26H27NO6. The van der Waals surface area contributed by atoms with Crippen LogP contribution >= 0.6 is 0 Å². The highest BCUT2D eigenvalue weighted by molar-refractivity contribution is 6.00. The molecule has 1 amide bonds. The molecule has 1 atom stereocenters. The zero-order valence-electron chi connectivity index (χ0n) is 18.5. The second-order valence-electron chi connectivity index (χ2n) is 8.07. The molecule has 3 aromatic rings. The summed E-state index contributed by atoms with van der Waals surface area (Å²) in [7, 11) is 0. The smallest absolute Gasteiger partial charge is 0.412 e. The number of fused-ring (bicyclic) bond motifs is 1. The van der Waals surface area contributed by atoms with E-state index in [1.54, 1.807) is 44.2 Å². The van der Waals surface area contributed by atoms with Crippen molar-refractivity contribution in [2.75, 3.05) is 18.5 Å². The summed E-state index contributed by atoms with van der Waals surface area (Å²) < 4.78 is 11.2. The van der Waals surface area contributed by atoms with Crippen LogP contribution in [0.15, 0.2) is 78.9 Å². The maximum absolute atomic E-state index is 12.9. The number of aliphatic hydroxyl groups is 1. The zero-order valence-corrected chi connectivity index (χ0v) is 18.5. The largest absolute Gasteiger partial charge is 0.491 e. The lowest BCUT2D eigenvalue weighted by atomic mass is 9.82. The van der Waals surface area contributed by atoms with E-state index in [1.807, 2.05) is 36.4 Å². The number of aliphatic carboxylic acids is 1. The van der Waals surface area contributed by atoms with Gasteiger partial charge >= 0.3 is 12.1 Å². The number of carboxylic acids is 1. The SMILES string of the molecule is CC(C)(/C=C/C(=O)O)[C@@H](OC(=O)Nc1cccc2ccccc12)c1ccc(OCCO)cc1. The van der Waals surface area contributed by atoms with Crippen molar-refractivity contribution in [1.82, 2.24) is 0 Å². The van der Waals surface area contributed by atoms with Crippen LogP contribution in [-0.4, -0.2) is 35.5 Å². The van der Waals surface area contributed by atoms with Gasteiger partial charge in [-0.05, 0) is 29.1 Å². The van der Waals surface area contributed by atoms with Crippen molar-refractivity contribution >= 4 is 28.5 Å². The highest BCUT2D eigenvalue weighted by atomic mass is 16.6. The molecule has 3 aromatic carbocycles. The maximum atomic E-state index is 12.9. The Morgan fingerprint density at radius 3 is 2.42 bits per heavy atom. The van der Waals surface area contributed by atoms with E-state index in [-0.39, 0.29) is 13.2 Å². The minimum absolute atomic E-state index is 0.102. The Balaban J connectivity index is 1.87. The van der Waals surface area contributed by atoms with Crippen LogP contribution in [0.5, 0.6) is 5.75 Å². The van der Waals surface area contributed by atoms with Crippen molar-refractivity contribution in [1.29, 1.82) is 0 Å². The van der Waals surface area contributed by atoms with Gasteiger partial charge in [-0.1, -0.05) is 68.5 Å². The molecule has 7 heteroatoms. The molecule has 0 saturated carbocycles. The van der Waals surface area contributed by atoms with Crippen molar-refractivity contribution in [3.8, 4) is 5.75 Å². The van der Waals surface area contributed by atoms with E-state index >= 15 is 0 Å². The minimum Gasteiger partial charge on any atom is -0.491 e. The standard InChI is InChI=1S/C26H27NO6/c1-26(2,15-14-23(29)30)24(19-10-12-20(13-11-19)32-17-16-28)33-25(31)27-22-9-5-7-18-6-3-4-8-21(18)22/h3-15,24,28H,16-17H2,1-2H3,(H,27,31)(H,29,30)/b15-14+/t24-/m0/s1. The molecule has 33 heavy (non-hydrogen) atoms. The van der Waals surface area contributed by atoms with Crippen molar-refractivity contribution in [2.45, 2.75) is 20.0 Å². The molecule has 0 unspecified atom stereocenters. The molecular weight excluding hydrogens is 422 g/mol. The van der Waals surface area contributed by atoms with Gasteiger partial charge in [-0.25, -0.2) is 9.59 Å². The van der Waals surface area contributed by atoms with E-state index in [2.05, 4.69) is 5.32 Å². The molecule has 0 aliphatic rings. The molecule has 0 bridgehead atoms. The minimum atomic E-state index is -1.09. The molecule has 0 aromatic heterocycles. The average molecular weight is 450 g/mol. The predicted molar refractivity (Wildman–Crippen MR) is 126 cm³/mol. The van der Waals surface area contributed by atoms with E-state index in [1.165, 1.54) is 6.08 Å². The fourth-order valence-corrected chi connectivity index (χ4v) is 3.51. The highest BCUT2D eigenvalue weighted by Crippen LogP contribution is 2.39. The number of hydrogen-bond acceptors (Lipinski definition) is 5. The highest BCUT2D eigenvalue weighted by Gasteiger charge is 2.32. The number of amides is 1. The topological polar surface area (TPSA) is 105 Å². The molecule has 7 nitrogen and oxygen atoms in total. The van der Waals surface area contributed by atoms with Gasteiger partial charge in [0.25, 0.3) is 0 Å². The Bertz CT molecular complexity index is 1130. The summed E-state index contributed by atoms with van der Waals surface area (Å²) in [5, 5.41) is 22.7. The first-order valence-corrected chi connectivity index (χ1v) is 10.5.